The van der Waals surface area contributed by atoms with Crippen molar-refractivity contribution < 1.29 is 9.72 Å². The lowest BCUT2D eigenvalue weighted by Gasteiger charge is -2.09. The van der Waals surface area contributed by atoms with Crippen molar-refractivity contribution in [3.8, 4) is 0 Å². The molecule has 0 spiro atoms. The van der Waals surface area contributed by atoms with Gasteiger partial charge >= 0.3 is 0 Å². The van der Waals surface area contributed by atoms with Gasteiger partial charge < -0.3 is 5.32 Å². The van der Waals surface area contributed by atoms with Crippen molar-refractivity contribution in [3.05, 3.63) is 68.5 Å². The molecule has 0 aliphatic rings. The van der Waals surface area contributed by atoms with Gasteiger partial charge in [-0.25, -0.2) is 4.98 Å². The van der Waals surface area contributed by atoms with E-state index in [0.29, 0.717) is 16.1 Å². The van der Waals surface area contributed by atoms with Crippen LogP contribution in [0.15, 0.2) is 52.4 Å². The number of benzene rings is 2. The molecule has 3 rings (SSSR count). The summed E-state index contributed by atoms with van der Waals surface area (Å²) in [4.78, 5) is 39.6. The van der Waals surface area contributed by atoms with Crippen molar-refractivity contribution in [2.75, 3.05) is 11.1 Å². The lowest BCUT2D eigenvalue weighted by atomic mass is 10.2. The van der Waals surface area contributed by atoms with E-state index in [1.807, 2.05) is 13.0 Å². The Balaban J connectivity index is 1.78. The second-order valence-corrected chi connectivity index (χ2v) is 6.83. The molecule has 2 aromatic carbocycles. The van der Waals surface area contributed by atoms with E-state index in [0.717, 1.165) is 17.3 Å². The van der Waals surface area contributed by atoms with Gasteiger partial charge in [0.25, 0.3) is 11.2 Å². The average Bonchev–Trinajstić information content (AvgIpc) is 2.64. The minimum atomic E-state index is -0.556. The smallest absolute Gasteiger partial charge is 0.292 e. The van der Waals surface area contributed by atoms with E-state index < -0.39 is 10.8 Å². The summed E-state index contributed by atoms with van der Waals surface area (Å²) < 4.78 is 1.39. The van der Waals surface area contributed by atoms with E-state index in [-0.39, 0.29) is 22.7 Å². The van der Waals surface area contributed by atoms with Crippen molar-refractivity contribution in [1.29, 1.82) is 0 Å². The fraction of sp³-hybridized carbons (Fsp3) is 0.167. The molecule has 0 aliphatic carbocycles. The van der Waals surface area contributed by atoms with Crippen LogP contribution in [0.5, 0.6) is 0 Å². The molecular weight excluding hydrogens is 368 g/mol. The Morgan fingerprint density at radius 3 is 2.78 bits per heavy atom. The topological polar surface area (TPSA) is 107 Å². The number of aromatic nitrogens is 2. The third kappa shape index (κ3) is 3.98. The van der Waals surface area contributed by atoms with Gasteiger partial charge in [-0.1, -0.05) is 35.5 Å². The molecular formula is C18H16N4O4S. The van der Waals surface area contributed by atoms with Crippen LogP contribution in [0.2, 0.25) is 0 Å². The summed E-state index contributed by atoms with van der Waals surface area (Å²) in [5.74, 6) is -0.462. The quantitative estimate of drug-likeness (QED) is 0.314. The number of nitro benzene ring substituents is 1. The molecule has 0 atom stereocenters. The molecule has 1 amide bonds. The van der Waals surface area contributed by atoms with E-state index >= 15 is 0 Å². The van der Waals surface area contributed by atoms with Gasteiger partial charge in [0.15, 0.2) is 5.16 Å². The molecule has 3 aromatic rings. The highest BCUT2D eigenvalue weighted by atomic mass is 32.2. The third-order valence-electron chi connectivity index (χ3n) is 3.90. The molecule has 0 saturated heterocycles. The van der Waals surface area contributed by atoms with Crippen molar-refractivity contribution >= 4 is 39.9 Å². The number of amides is 1. The summed E-state index contributed by atoms with van der Waals surface area (Å²) in [6.07, 6.45) is 0. The van der Waals surface area contributed by atoms with Crippen LogP contribution in [0.1, 0.15) is 5.56 Å². The number of anilines is 1. The summed E-state index contributed by atoms with van der Waals surface area (Å²) >= 11 is 1.09. The van der Waals surface area contributed by atoms with Gasteiger partial charge in [-0.05, 0) is 25.1 Å². The number of nitrogens with zero attached hydrogens (tertiary/aromatic N) is 3. The summed E-state index contributed by atoms with van der Waals surface area (Å²) in [5.41, 5.74) is 1.28. The van der Waals surface area contributed by atoms with Gasteiger partial charge in [0.1, 0.15) is 5.69 Å². The van der Waals surface area contributed by atoms with Crippen molar-refractivity contribution in [2.24, 2.45) is 7.05 Å². The van der Waals surface area contributed by atoms with Gasteiger partial charge in [-0.3, -0.25) is 24.3 Å². The van der Waals surface area contributed by atoms with E-state index in [2.05, 4.69) is 10.3 Å². The average molecular weight is 384 g/mol. The molecule has 0 bridgehead atoms. The molecule has 1 N–H and O–H groups in total. The van der Waals surface area contributed by atoms with Crippen LogP contribution in [-0.2, 0) is 11.8 Å². The number of thioether (sulfide) groups is 1. The second-order valence-electron chi connectivity index (χ2n) is 5.89. The molecule has 0 fully saturated rings. The molecule has 27 heavy (non-hydrogen) atoms. The molecule has 0 unspecified atom stereocenters. The largest absolute Gasteiger partial charge is 0.320 e. The number of rotatable bonds is 5. The maximum Gasteiger partial charge on any atom is 0.292 e. The Labute approximate surface area is 158 Å². The number of hydrogen-bond donors (Lipinski definition) is 1. The molecule has 0 aliphatic heterocycles. The minimum absolute atomic E-state index is 0.0380. The summed E-state index contributed by atoms with van der Waals surface area (Å²) in [6, 6.07) is 11.3. The predicted molar refractivity (Wildman–Crippen MR) is 104 cm³/mol. The minimum Gasteiger partial charge on any atom is -0.320 e. The molecule has 8 nitrogen and oxygen atoms in total. The first-order valence-electron chi connectivity index (χ1n) is 8.00. The number of para-hydroxylation sites is 2. The summed E-state index contributed by atoms with van der Waals surface area (Å²) in [7, 11) is 1.60. The number of carbonyl (C=O) groups excluding carboxylic acids is 1. The lowest BCUT2D eigenvalue weighted by molar-refractivity contribution is -0.383. The number of hydrogen-bond acceptors (Lipinski definition) is 6. The standard InChI is InChI=1S/C18H16N4O4S/c1-11-7-8-13-12(9-11)17(24)21(2)18(20-13)27-10-16(23)19-14-5-3-4-6-15(14)22(25)26/h3-9H,10H2,1-2H3,(H,19,23). The predicted octanol–water partition coefficient (Wildman–Crippen LogP) is 2.88. The maximum atomic E-state index is 12.5. The Kier molecular flexibility index (Phi) is 5.22. The maximum absolute atomic E-state index is 12.5. The zero-order valence-corrected chi connectivity index (χ0v) is 15.4. The van der Waals surface area contributed by atoms with Gasteiger partial charge in [0.2, 0.25) is 5.91 Å². The molecule has 0 radical (unpaired) electrons. The van der Waals surface area contributed by atoms with E-state index in [4.69, 9.17) is 0 Å². The highest BCUT2D eigenvalue weighted by molar-refractivity contribution is 7.99. The Morgan fingerprint density at radius 2 is 2.04 bits per heavy atom. The van der Waals surface area contributed by atoms with Crippen LogP contribution >= 0.6 is 11.8 Å². The number of nitrogens with one attached hydrogen (secondary N) is 1. The fourth-order valence-corrected chi connectivity index (χ4v) is 3.32. The SMILES string of the molecule is Cc1ccc2nc(SCC(=O)Nc3ccccc3[N+](=O)[O-])n(C)c(=O)c2c1. The number of aryl methyl sites for hydroxylation is 1. The van der Waals surface area contributed by atoms with Crippen molar-refractivity contribution in [3.63, 3.8) is 0 Å². The number of fused-ring (bicyclic) bond motifs is 1. The Bertz CT molecular complexity index is 1110. The molecule has 1 heterocycles. The van der Waals surface area contributed by atoms with Crippen LogP contribution in [0, 0.1) is 17.0 Å². The van der Waals surface area contributed by atoms with Gasteiger partial charge in [0, 0.05) is 13.1 Å². The monoisotopic (exact) mass is 384 g/mol. The van der Waals surface area contributed by atoms with Crippen molar-refractivity contribution in [1.82, 2.24) is 9.55 Å². The number of nitro groups is 1. The first kappa shape index (κ1) is 18.6. The van der Waals surface area contributed by atoms with E-state index in [1.54, 1.807) is 25.2 Å². The Hall–Kier alpha value is -3.20. The third-order valence-corrected chi connectivity index (χ3v) is 4.93. The van der Waals surface area contributed by atoms with Crippen LogP contribution in [-0.4, -0.2) is 26.1 Å². The lowest BCUT2D eigenvalue weighted by Crippen LogP contribution is -2.21. The van der Waals surface area contributed by atoms with E-state index in [1.165, 1.54) is 22.8 Å². The zero-order valence-electron chi connectivity index (χ0n) is 14.6. The van der Waals surface area contributed by atoms with Gasteiger partial charge in [0.05, 0.1) is 21.6 Å². The van der Waals surface area contributed by atoms with E-state index in [9.17, 15) is 19.7 Å². The Morgan fingerprint density at radius 1 is 1.30 bits per heavy atom. The molecule has 9 heteroatoms. The van der Waals surface area contributed by atoms with Crippen LogP contribution in [0.3, 0.4) is 0 Å². The molecule has 138 valence electrons. The summed E-state index contributed by atoms with van der Waals surface area (Å²) in [6.45, 7) is 1.90. The van der Waals surface area contributed by atoms with Gasteiger partial charge in [-0.15, -0.1) is 0 Å². The first-order valence-corrected chi connectivity index (χ1v) is 8.99. The highest BCUT2D eigenvalue weighted by Gasteiger charge is 2.16. The van der Waals surface area contributed by atoms with Gasteiger partial charge in [-0.2, -0.15) is 0 Å². The summed E-state index contributed by atoms with van der Waals surface area (Å²) in [5, 5.41) is 14.5. The highest BCUT2D eigenvalue weighted by Crippen LogP contribution is 2.24. The zero-order chi connectivity index (χ0) is 19.6. The molecule has 0 saturated carbocycles. The normalized spacial score (nSPS) is 10.7. The van der Waals surface area contributed by atoms with Crippen molar-refractivity contribution in [2.45, 2.75) is 12.1 Å². The van der Waals surface area contributed by atoms with Crippen LogP contribution in [0.25, 0.3) is 10.9 Å². The number of carbonyl (C=O) groups is 1. The first-order chi connectivity index (χ1) is 12.9. The second kappa shape index (κ2) is 7.58. The molecule has 1 aromatic heterocycles. The van der Waals surface area contributed by atoms with Crippen LogP contribution < -0.4 is 10.9 Å². The van der Waals surface area contributed by atoms with Crippen LogP contribution in [0.4, 0.5) is 11.4 Å². The fourth-order valence-electron chi connectivity index (χ4n) is 2.55.